The van der Waals surface area contributed by atoms with Crippen molar-refractivity contribution in [3.63, 3.8) is 0 Å². The van der Waals surface area contributed by atoms with Crippen LogP contribution in [0, 0.1) is 6.92 Å². The van der Waals surface area contributed by atoms with Crippen molar-refractivity contribution in [1.82, 2.24) is 9.38 Å². The average Bonchev–Trinajstić information content (AvgIpc) is 2.86. The second-order valence-corrected chi connectivity index (χ2v) is 4.69. The molecule has 0 atom stereocenters. The van der Waals surface area contributed by atoms with Gasteiger partial charge in [-0.3, -0.25) is 4.40 Å². The third kappa shape index (κ3) is 2.39. The number of pyridine rings is 1. The number of hydrogen-bond donors (Lipinski definition) is 2. The monoisotopic (exact) mass is 296 g/mol. The lowest BCUT2D eigenvalue weighted by Crippen LogP contribution is -1.96. The number of carboxylic acids is 1. The molecule has 3 aromatic rings. The smallest absolute Gasteiger partial charge is 0.358 e. The van der Waals surface area contributed by atoms with E-state index in [0.717, 1.165) is 5.56 Å². The lowest BCUT2D eigenvalue weighted by Gasteiger charge is -1.98. The number of aryl methyl sites for hydroxylation is 1. The number of imidazole rings is 1. The Kier molecular flexibility index (Phi) is 3.30. The molecule has 110 valence electrons. The van der Waals surface area contributed by atoms with Gasteiger partial charge in [-0.1, -0.05) is 12.1 Å². The number of carbonyl (C=O) groups is 1. The minimum atomic E-state index is -1.17. The molecule has 0 bridgehead atoms. The molecule has 0 fully saturated rings. The number of carboxylic acid groups (broad SMARTS) is 1. The number of aromatic hydroxyl groups is 1. The van der Waals surface area contributed by atoms with Gasteiger partial charge in [0.25, 0.3) is 0 Å². The quantitative estimate of drug-likeness (QED) is 0.723. The third-order valence-corrected chi connectivity index (χ3v) is 3.11. The molecule has 0 saturated carbocycles. The van der Waals surface area contributed by atoms with Crippen LogP contribution in [0.3, 0.4) is 0 Å². The maximum absolute atomic E-state index is 11.4. The highest BCUT2D eigenvalue weighted by Gasteiger charge is 2.19. The predicted octanol–water partition coefficient (Wildman–Crippen LogP) is 3.46. The first-order valence-corrected chi connectivity index (χ1v) is 6.48. The van der Waals surface area contributed by atoms with E-state index in [1.165, 1.54) is 12.1 Å². The molecule has 22 heavy (non-hydrogen) atoms. The van der Waals surface area contributed by atoms with Crippen LogP contribution in [-0.4, -0.2) is 25.6 Å². The number of hydrogen-bond acceptors (Lipinski definition) is 5. The topological polar surface area (TPSA) is 99.6 Å². The summed E-state index contributed by atoms with van der Waals surface area (Å²) < 4.78 is 1.57. The highest BCUT2D eigenvalue weighted by Crippen LogP contribution is 2.26. The summed E-state index contributed by atoms with van der Waals surface area (Å²) in [6.45, 7) is 1.84. The van der Waals surface area contributed by atoms with Gasteiger partial charge < -0.3 is 10.2 Å². The van der Waals surface area contributed by atoms with Crippen molar-refractivity contribution in [1.29, 1.82) is 0 Å². The third-order valence-electron chi connectivity index (χ3n) is 3.11. The molecule has 7 heteroatoms. The minimum absolute atomic E-state index is 0.0592. The van der Waals surface area contributed by atoms with E-state index >= 15 is 0 Å². The number of fused-ring (bicyclic) bond motifs is 1. The molecule has 0 amide bonds. The number of phenols is 1. The zero-order valence-corrected chi connectivity index (χ0v) is 11.6. The van der Waals surface area contributed by atoms with Crippen molar-refractivity contribution in [2.75, 3.05) is 0 Å². The van der Waals surface area contributed by atoms with Crippen LogP contribution in [0.2, 0.25) is 0 Å². The molecular formula is C15H12N4O3. The summed E-state index contributed by atoms with van der Waals surface area (Å²) in [7, 11) is 0. The second-order valence-electron chi connectivity index (χ2n) is 4.69. The van der Waals surface area contributed by atoms with E-state index in [1.54, 1.807) is 28.8 Å². The molecule has 0 radical (unpaired) electrons. The fourth-order valence-corrected chi connectivity index (χ4v) is 2.09. The van der Waals surface area contributed by atoms with Crippen molar-refractivity contribution in [3.05, 3.63) is 53.9 Å². The first-order chi connectivity index (χ1) is 10.6. The molecule has 0 aliphatic heterocycles. The first kappa shape index (κ1) is 13.7. The van der Waals surface area contributed by atoms with Crippen LogP contribution in [0.25, 0.3) is 5.65 Å². The Balaban J connectivity index is 2.15. The van der Waals surface area contributed by atoms with Crippen LogP contribution in [0.5, 0.6) is 5.75 Å². The van der Waals surface area contributed by atoms with Crippen LogP contribution < -0.4 is 0 Å². The van der Waals surface area contributed by atoms with E-state index in [4.69, 9.17) is 0 Å². The molecule has 0 unspecified atom stereocenters. The van der Waals surface area contributed by atoms with Crippen LogP contribution in [0.4, 0.5) is 11.5 Å². The SMILES string of the molecule is Cc1cccn2c(N=Nc3cccc(O)c3)c(C(=O)O)nc12. The van der Waals surface area contributed by atoms with Crippen molar-refractivity contribution in [2.24, 2.45) is 10.2 Å². The minimum Gasteiger partial charge on any atom is -0.508 e. The summed E-state index contributed by atoms with van der Waals surface area (Å²) in [4.78, 5) is 15.5. The van der Waals surface area contributed by atoms with Crippen LogP contribution in [-0.2, 0) is 0 Å². The Morgan fingerprint density at radius 3 is 2.77 bits per heavy atom. The van der Waals surface area contributed by atoms with Crippen LogP contribution >= 0.6 is 0 Å². The number of benzene rings is 1. The molecule has 2 aromatic heterocycles. The fourth-order valence-electron chi connectivity index (χ4n) is 2.09. The standard InChI is InChI=1S/C15H12N4O3/c1-9-4-3-7-19-13(9)16-12(15(21)22)14(19)18-17-10-5-2-6-11(20)8-10/h2-8,20H,1H3,(H,21,22). The Labute approximate surface area is 125 Å². The van der Waals surface area contributed by atoms with Gasteiger partial charge in [0.05, 0.1) is 5.69 Å². The van der Waals surface area contributed by atoms with E-state index in [-0.39, 0.29) is 17.3 Å². The van der Waals surface area contributed by atoms with Gasteiger partial charge >= 0.3 is 5.97 Å². The second kappa shape index (κ2) is 5.28. The molecule has 0 aliphatic carbocycles. The highest BCUT2D eigenvalue weighted by atomic mass is 16.4. The molecule has 0 aliphatic rings. The van der Waals surface area contributed by atoms with Crippen molar-refractivity contribution in [3.8, 4) is 5.75 Å². The van der Waals surface area contributed by atoms with E-state index in [1.807, 2.05) is 13.0 Å². The zero-order valence-electron chi connectivity index (χ0n) is 11.6. The van der Waals surface area contributed by atoms with Gasteiger partial charge in [-0.2, -0.15) is 0 Å². The Bertz CT molecular complexity index is 899. The summed E-state index contributed by atoms with van der Waals surface area (Å²) in [5.74, 6) is -0.980. The van der Waals surface area contributed by atoms with Crippen molar-refractivity contribution in [2.45, 2.75) is 6.92 Å². The largest absolute Gasteiger partial charge is 0.508 e. The number of phenolic OH excluding ortho intramolecular Hbond substituents is 1. The van der Waals surface area contributed by atoms with Gasteiger partial charge in [0.2, 0.25) is 0 Å². The average molecular weight is 296 g/mol. The summed E-state index contributed by atoms with van der Waals surface area (Å²) in [5, 5.41) is 26.7. The van der Waals surface area contributed by atoms with E-state index < -0.39 is 5.97 Å². The highest BCUT2D eigenvalue weighted by molar-refractivity contribution is 5.92. The van der Waals surface area contributed by atoms with E-state index in [0.29, 0.717) is 11.3 Å². The fraction of sp³-hybridized carbons (Fsp3) is 0.0667. The zero-order chi connectivity index (χ0) is 15.7. The van der Waals surface area contributed by atoms with Gasteiger partial charge in [0, 0.05) is 12.3 Å². The number of azo groups is 1. The van der Waals surface area contributed by atoms with Gasteiger partial charge in [-0.25, -0.2) is 9.78 Å². The molecule has 0 spiro atoms. The Morgan fingerprint density at radius 1 is 1.23 bits per heavy atom. The summed E-state index contributed by atoms with van der Waals surface area (Å²) in [6.07, 6.45) is 1.68. The molecule has 2 heterocycles. The normalized spacial score (nSPS) is 11.3. The van der Waals surface area contributed by atoms with Crippen molar-refractivity contribution >= 4 is 23.1 Å². The number of aromatic nitrogens is 2. The maximum atomic E-state index is 11.4. The van der Waals surface area contributed by atoms with Crippen LogP contribution in [0.15, 0.2) is 52.8 Å². The molecule has 3 rings (SSSR count). The lowest BCUT2D eigenvalue weighted by molar-refractivity contribution is 0.0692. The summed E-state index contributed by atoms with van der Waals surface area (Å²) in [5.41, 5.74) is 1.60. The van der Waals surface area contributed by atoms with Gasteiger partial charge in [-0.15, -0.1) is 10.2 Å². The molecule has 7 nitrogen and oxygen atoms in total. The Morgan fingerprint density at radius 2 is 2.05 bits per heavy atom. The molecular weight excluding hydrogens is 284 g/mol. The van der Waals surface area contributed by atoms with Gasteiger partial charge in [-0.05, 0) is 30.7 Å². The summed E-state index contributed by atoms with van der Waals surface area (Å²) in [6, 6.07) is 9.84. The van der Waals surface area contributed by atoms with Gasteiger partial charge in [0.1, 0.15) is 11.4 Å². The van der Waals surface area contributed by atoms with Crippen LogP contribution in [0.1, 0.15) is 16.1 Å². The number of aromatic carboxylic acids is 1. The van der Waals surface area contributed by atoms with Gasteiger partial charge in [0.15, 0.2) is 11.5 Å². The molecule has 1 aromatic carbocycles. The predicted molar refractivity (Wildman–Crippen MR) is 79.2 cm³/mol. The molecule has 0 saturated heterocycles. The van der Waals surface area contributed by atoms with E-state index in [2.05, 4.69) is 15.2 Å². The van der Waals surface area contributed by atoms with E-state index in [9.17, 15) is 15.0 Å². The lowest BCUT2D eigenvalue weighted by atomic mass is 10.3. The Hall–Kier alpha value is -3.22. The maximum Gasteiger partial charge on any atom is 0.358 e. The van der Waals surface area contributed by atoms with Crippen molar-refractivity contribution < 1.29 is 15.0 Å². The number of nitrogens with zero attached hydrogens (tertiary/aromatic N) is 4. The number of rotatable bonds is 3. The molecule has 2 N–H and O–H groups in total. The summed E-state index contributed by atoms with van der Waals surface area (Å²) >= 11 is 0. The first-order valence-electron chi connectivity index (χ1n) is 6.48.